The van der Waals surface area contributed by atoms with Crippen molar-refractivity contribution in [3.8, 4) is 5.75 Å². The molecule has 0 bridgehead atoms. The highest BCUT2D eigenvalue weighted by molar-refractivity contribution is 6.04. The minimum absolute atomic E-state index is 0.145. The number of benzene rings is 2. The number of phenols is 1. The van der Waals surface area contributed by atoms with Gasteiger partial charge in [-0.05, 0) is 69.3 Å². The molecule has 7 nitrogen and oxygen atoms in total. The molecular formula is C21H27N3O4. The van der Waals surface area contributed by atoms with Crippen LogP contribution >= 0.6 is 0 Å². The summed E-state index contributed by atoms with van der Waals surface area (Å²) in [7, 11) is 1.91. The number of amides is 2. The highest BCUT2D eigenvalue weighted by atomic mass is 16.6. The first kappa shape index (κ1) is 21.1. The van der Waals surface area contributed by atoms with E-state index in [1.165, 1.54) is 12.1 Å². The molecule has 0 aliphatic rings. The second-order valence-electron chi connectivity index (χ2n) is 7.40. The van der Waals surface area contributed by atoms with Crippen LogP contribution in [-0.4, -0.2) is 42.8 Å². The molecule has 0 radical (unpaired) electrons. The summed E-state index contributed by atoms with van der Waals surface area (Å²) in [6.45, 7) is 6.49. The average molecular weight is 385 g/mol. The highest BCUT2D eigenvalue weighted by Crippen LogP contribution is 2.17. The van der Waals surface area contributed by atoms with Crippen molar-refractivity contribution in [1.82, 2.24) is 5.32 Å². The SMILES string of the molecule is CN(CCNC(=O)OC(C)(C)C)c1ccc(C(=O)Nc2ccc(O)cc2)cc1. The van der Waals surface area contributed by atoms with E-state index in [1.807, 2.05) is 44.9 Å². The molecule has 0 aliphatic heterocycles. The number of hydrogen-bond donors (Lipinski definition) is 3. The molecule has 3 N–H and O–H groups in total. The number of phenolic OH excluding ortho intramolecular Hbond substituents is 1. The summed E-state index contributed by atoms with van der Waals surface area (Å²) in [6, 6.07) is 13.5. The van der Waals surface area contributed by atoms with Crippen molar-refractivity contribution in [1.29, 1.82) is 0 Å². The van der Waals surface area contributed by atoms with Crippen molar-refractivity contribution in [2.75, 3.05) is 30.4 Å². The number of hydrogen-bond acceptors (Lipinski definition) is 5. The number of aromatic hydroxyl groups is 1. The smallest absolute Gasteiger partial charge is 0.407 e. The van der Waals surface area contributed by atoms with E-state index in [4.69, 9.17) is 4.74 Å². The quantitative estimate of drug-likeness (QED) is 0.661. The van der Waals surface area contributed by atoms with Crippen LogP contribution in [-0.2, 0) is 4.74 Å². The first-order chi connectivity index (χ1) is 13.1. The Balaban J connectivity index is 1.84. The van der Waals surface area contributed by atoms with Gasteiger partial charge < -0.3 is 25.4 Å². The maximum absolute atomic E-state index is 12.3. The molecule has 2 rings (SSSR count). The van der Waals surface area contributed by atoms with Gasteiger partial charge in [0.05, 0.1) is 0 Å². The molecule has 7 heteroatoms. The molecule has 0 heterocycles. The van der Waals surface area contributed by atoms with E-state index >= 15 is 0 Å². The lowest BCUT2D eigenvalue weighted by molar-refractivity contribution is 0.0529. The van der Waals surface area contributed by atoms with Crippen molar-refractivity contribution in [2.45, 2.75) is 26.4 Å². The third-order valence-corrected chi connectivity index (χ3v) is 3.81. The molecule has 0 saturated heterocycles. The molecule has 28 heavy (non-hydrogen) atoms. The molecular weight excluding hydrogens is 358 g/mol. The Kier molecular flexibility index (Phi) is 6.87. The van der Waals surface area contributed by atoms with Gasteiger partial charge in [0.2, 0.25) is 0 Å². The number of nitrogens with zero attached hydrogens (tertiary/aromatic N) is 1. The number of likely N-dealkylation sites (N-methyl/N-ethyl adjacent to an activating group) is 1. The van der Waals surface area contributed by atoms with E-state index in [1.54, 1.807) is 24.3 Å². The maximum atomic E-state index is 12.3. The van der Waals surface area contributed by atoms with Crippen molar-refractivity contribution in [3.05, 3.63) is 54.1 Å². The minimum atomic E-state index is -0.521. The monoisotopic (exact) mass is 385 g/mol. The average Bonchev–Trinajstić information content (AvgIpc) is 2.62. The first-order valence-corrected chi connectivity index (χ1v) is 9.02. The number of alkyl carbamates (subject to hydrolysis) is 1. The first-order valence-electron chi connectivity index (χ1n) is 9.02. The van der Waals surface area contributed by atoms with Crippen LogP contribution in [0.1, 0.15) is 31.1 Å². The van der Waals surface area contributed by atoms with Crippen LogP contribution in [0.15, 0.2) is 48.5 Å². The van der Waals surface area contributed by atoms with Gasteiger partial charge in [-0.3, -0.25) is 4.79 Å². The van der Waals surface area contributed by atoms with Crippen LogP contribution in [0.2, 0.25) is 0 Å². The third kappa shape index (κ3) is 6.83. The number of carbonyl (C=O) groups is 2. The minimum Gasteiger partial charge on any atom is -0.508 e. The summed E-state index contributed by atoms with van der Waals surface area (Å²) in [5.74, 6) is -0.0852. The van der Waals surface area contributed by atoms with E-state index in [2.05, 4.69) is 10.6 Å². The molecule has 2 amide bonds. The normalized spacial score (nSPS) is 10.9. The van der Waals surface area contributed by atoms with Crippen LogP contribution in [0.3, 0.4) is 0 Å². The Hall–Kier alpha value is -3.22. The molecule has 2 aromatic rings. The van der Waals surface area contributed by atoms with E-state index in [9.17, 15) is 14.7 Å². The maximum Gasteiger partial charge on any atom is 0.407 e. The Morgan fingerprint density at radius 1 is 1.04 bits per heavy atom. The lowest BCUT2D eigenvalue weighted by Gasteiger charge is -2.22. The van der Waals surface area contributed by atoms with Gasteiger partial charge in [0.25, 0.3) is 5.91 Å². The summed E-state index contributed by atoms with van der Waals surface area (Å²) in [5.41, 5.74) is 1.54. The van der Waals surface area contributed by atoms with Crippen LogP contribution in [0, 0.1) is 0 Å². The van der Waals surface area contributed by atoms with Gasteiger partial charge in [0, 0.05) is 37.1 Å². The third-order valence-electron chi connectivity index (χ3n) is 3.81. The van der Waals surface area contributed by atoms with Gasteiger partial charge >= 0.3 is 6.09 Å². The van der Waals surface area contributed by atoms with Crippen LogP contribution in [0.4, 0.5) is 16.2 Å². The zero-order chi connectivity index (χ0) is 20.7. The molecule has 0 unspecified atom stereocenters. The number of anilines is 2. The number of rotatable bonds is 6. The summed E-state index contributed by atoms with van der Waals surface area (Å²) in [5, 5.41) is 14.8. The van der Waals surface area contributed by atoms with Gasteiger partial charge in [-0.1, -0.05) is 0 Å². The Bertz CT molecular complexity index is 796. The van der Waals surface area contributed by atoms with Crippen molar-refractivity contribution >= 4 is 23.4 Å². The summed E-state index contributed by atoms with van der Waals surface area (Å²) in [6.07, 6.45) is -0.442. The van der Waals surface area contributed by atoms with E-state index in [0.717, 1.165) is 5.69 Å². The topological polar surface area (TPSA) is 90.9 Å². The molecule has 0 atom stereocenters. The number of nitrogens with one attached hydrogen (secondary N) is 2. The standard InChI is InChI=1S/C21H27N3O4/c1-21(2,3)28-20(27)22-13-14-24(4)17-9-5-15(6-10-17)19(26)23-16-7-11-18(25)12-8-16/h5-12,25H,13-14H2,1-4H3,(H,22,27)(H,23,26). The lowest BCUT2D eigenvalue weighted by atomic mass is 10.1. The largest absolute Gasteiger partial charge is 0.508 e. The van der Waals surface area contributed by atoms with Crippen molar-refractivity contribution in [2.24, 2.45) is 0 Å². The van der Waals surface area contributed by atoms with E-state index in [0.29, 0.717) is 24.3 Å². The molecule has 0 saturated carbocycles. The van der Waals surface area contributed by atoms with E-state index in [-0.39, 0.29) is 11.7 Å². The Morgan fingerprint density at radius 3 is 2.21 bits per heavy atom. The van der Waals surface area contributed by atoms with Crippen LogP contribution < -0.4 is 15.5 Å². The van der Waals surface area contributed by atoms with Gasteiger partial charge in [-0.2, -0.15) is 0 Å². The fourth-order valence-electron chi connectivity index (χ4n) is 2.38. The summed E-state index contributed by atoms with van der Waals surface area (Å²) < 4.78 is 5.20. The zero-order valence-corrected chi connectivity index (χ0v) is 16.7. The van der Waals surface area contributed by atoms with Gasteiger partial charge in [0.1, 0.15) is 11.4 Å². The van der Waals surface area contributed by atoms with Gasteiger partial charge in [0.15, 0.2) is 0 Å². The second-order valence-corrected chi connectivity index (χ2v) is 7.40. The molecule has 0 aliphatic carbocycles. The molecule has 0 aromatic heterocycles. The van der Waals surface area contributed by atoms with Crippen molar-refractivity contribution < 1.29 is 19.4 Å². The summed E-state index contributed by atoms with van der Waals surface area (Å²) in [4.78, 5) is 25.9. The zero-order valence-electron chi connectivity index (χ0n) is 16.7. The fraction of sp³-hybridized carbons (Fsp3) is 0.333. The Morgan fingerprint density at radius 2 is 1.64 bits per heavy atom. The molecule has 0 spiro atoms. The number of carbonyl (C=O) groups excluding carboxylic acids is 2. The molecule has 150 valence electrons. The van der Waals surface area contributed by atoms with Crippen molar-refractivity contribution in [3.63, 3.8) is 0 Å². The molecule has 2 aromatic carbocycles. The summed E-state index contributed by atoms with van der Waals surface area (Å²) >= 11 is 0. The second kappa shape index (κ2) is 9.12. The predicted octanol–water partition coefficient (Wildman–Crippen LogP) is 3.61. The van der Waals surface area contributed by atoms with Gasteiger partial charge in [-0.25, -0.2) is 4.79 Å². The number of ether oxygens (including phenoxy) is 1. The highest BCUT2D eigenvalue weighted by Gasteiger charge is 2.15. The van der Waals surface area contributed by atoms with Gasteiger partial charge in [-0.15, -0.1) is 0 Å². The van der Waals surface area contributed by atoms with Crippen LogP contribution in [0.5, 0.6) is 5.75 Å². The Labute approximate surface area is 165 Å². The molecule has 0 fully saturated rings. The van der Waals surface area contributed by atoms with Crippen LogP contribution in [0.25, 0.3) is 0 Å². The predicted molar refractivity (Wildman–Crippen MR) is 110 cm³/mol. The lowest BCUT2D eigenvalue weighted by Crippen LogP contribution is -2.37. The fourth-order valence-corrected chi connectivity index (χ4v) is 2.38. The van der Waals surface area contributed by atoms with E-state index < -0.39 is 11.7 Å².